The van der Waals surface area contributed by atoms with Crippen LogP contribution in [0.5, 0.6) is 0 Å². The monoisotopic (exact) mass is 280 g/mol. The lowest BCUT2D eigenvalue weighted by molar-refractivity contribution is 0.0365. The van der Waals surface area contributed by atoms with Gasteiger partial charge in [-0.25, -0.2) is 0 Å². The Balaban J connectivity index is 2.26. The summed E-state index contributed by atoms with van der Waals surface area (Å²) in [6.07, 6.45) is 0. The Kier molecular flexibility index (Phi) is 3.56. The number of likely N-dealkylation sites (N-methyl/N-ethyl adjacent to an activating group) is 1. The van der Waals surface area contributed by atoms with Crippen LogP contribution in [-0.4, -0.2) is 40.1 Å². The number of aromatic amines is 1. The van der Waals surface area contributed by atoms with Crippen LogP contribution in [0.1, 0.15) is 24.3 Å². The van der Waals surface area contributed by atoms with Crippen LogP contribution in [0.15, 0.2) is 24.3 Å². The van der Waals surface area contributed by atoms with Crippen molar-refractivity contribution < 1.29 is 9.90 Å². The molecule has 1 heterocycles. The molecular formula is C14H17ClN2O2. The van der Waals surface area contributed by atoms with Crippen molar-refractivity contribution in [2.45, 2.75) is 19.4 Å². The molecule has 2 rings (SSSR count). The fraction of sp³-hybridized carbons (Fsp3) is 0.357. The summed E-state index contributed by atoms with van der Waals surface area (Å²) in [4.78, 5) is 16.8. The highest BCUT2D eigenvalue weighted by molar-refractivity contribution is 6.31. The summed E-state index contributed by atoms with van der Waals surface area (Å²) >= 11 is 5.91. The van der Waals surface area contributed by atoms with Gasteiger partial charge in [-0.05, 0) is 32.0 Å². The standard InChI is InChI=1S/C14H17ClN2O2/c1-14(2,19)8-17(3)13(18)12-6-9-4-5-10(15)7-11(9)16-12/h4-7,16,19H,8H2,1-3H3. The molecule has 2 aromatic rings. The number of carbonyl (C=O) groups excluding carboxylic acids is 1. The van der Waals surface area contributed by atoms with Crippen molar-refractivity contribution in [2.75, 3.05) is 13.6 Å². The van der Waals surface area contributed by atoms with Crippen molar-refractivity contribution in [3.63, 3.8) is 0 Å². The number of nitrogens with zero attached hydrogens (tertiary/aromatic N) is 1. The molecule has 0 aliphatic carbocycles. The van der Waals surface area contributed by atoms with Gasteiger partial charge in [-0.1, -0.05) is 17.7 Å². The number of hydrogen-bond acceptors (Lipinski definition) is 2. The predicted molar refractivity (Wildman–Crippen MR) is 76.6 cm³/mol. The second-order valence-corrected chi connectivity index (χ2v) is 5.82. The third-order valence-corrected chi connectivity index (χ3v) is 3.02. The molecule has 0 atom stereocenters. The van der Waals surface area contributed by atoms with E-state index in [1.807, 2.05) is 6.07 Å². The SMILES string of the molecule is CN(CC(C)(C)O)C(=O)c1cc2ccc(Cl)cc2[nH]1. The summed E-state index contributed by atoms with van der Waals surface area (Å²) in [5, 5.41) is 11.3. The van der Waals surface area contributed by atoms with E-state index in [1.165, 1.54) is 4.90 Å². The van der Waals surface area contributed by atoms with Crippen LogP contribution in [0.2, 0.25) is 5.02 Å². The van der Waals surface area contributed by atoms with E-state index >= 15 is 0 Å². The van der Waals surface area contributed by atoms with E-state index < -0.39 is 5.60 Å². The molecule has 0 aliphatic rings. The summed E-state index contributed by atoms with van der Waals surface area (Å²) in [7, 11) is 1.67. The molecule has 1 amide bonds. The van der Waals surface area contributed by atoms with E-state index in [9.17, 15) is 9.90 Å². The van der Waals surface area contributed by atoms with Gasteiger partial charge in [0.15, 0.2) is 0 Å². The fourth-order valence-corrected chi connectivity index (χ4v) is 2.24. The van der Waals surface area contributed by atoms with Crippen LogP contribution in [0, 0.1) is 0 Å². The lowest BCUT2D eigenvalue weighted by Crippen LogP contribution is -2.39. The van der Waals surface area contributed by atoms with Gasteiger partial charge in [-0.3, -0.25) is 4.79 Å². The number of carbonyl (C=O) groups is 1. The summed E-state index contributed by atoms with van der Waals surface area (Å²) in [5.74, 6) is -0.158. The maximum atomic E-state index is 12.2. The number of nitrogens with one attached hydrogen (secondary N) is 1. The Labute approximate surface area is 117 Å². The summed E-state index contributed by atoms with van der Waals surface area (Å²) in [5.41, 5.74) is 0.399. The fourth-order valence-electron chi connectivity index (χ4n) is 2.07. The second-order valence-electron chi connectivity index (χ2n) is 5.39. The van der Waals surface area contributed by atoms with Gasteiger partial charge in [-0.2, -0.15) is 0 Å². The molecule has 102 valence electrons. The summed E-state index contributed by atoms with van der Waals surface area (Å²) in [6.45, 7) is 3.60. The lowest BCUT2D eigenvalue weighted by atomic mass is 10.1. The molecule has 2 N–H and O–H groups in total. The van der Waals surface area contributed by atoms with Crippen molar-refractivity contribution in [3.8, 4) is 0 Å². The number of rotatable bonds is 3. The minimum absolute atomic E-state index is 0.158. The number of aromatic nitrogens is 1. The first kappa shape index (κ1) is 13.9. The van der Waals surface area contributed by atoms with E-state index in [2.05, 4.69) is 4.98 Å². The van der Waals surface area contributed by atoms with Crippen molar-refractivity contribution in [1.29, 1.82) is 0 Å². The molecule has 0 radical (unpaired) electrons. The van der Waals surface area contributed by atoms with Crippen molar-refractivity contribution >= 4 is 28.4 Å². The third kappa shape index (κ3) is 3.28. The highest BCUT2D eigenvalue weighted by Crippen LogP contribution is 2.20. The van der Waals surface area contributed by atoms with Crippen LogP contribution in [0.25, 0.3) is 10.9 Å². The van der Waals surface area contributed by atoms with Gasteiger partial charge >= 0.3 is 0 Å². The van der Waals surface area contributed by atoms with E-state index in [-0.39, 0.29) is 12.5 Å². The molecular weight excluding hydrogens is 264 g/mol. The highest BCUT2D eigenvalue weighted by Gasteiger charge is 2.21. The molecule has 0 saturated carbocycles. The van der Waals surface area contributed by atoms with Crippen LogP contribution in [0.3, 0.4) is 0 Å². The first-order valence-corrected chi connectivity index (χ1v) is 6.40. The molecule has 0 bridgehead atoms. The van der Waals surface area contributed by atoms with Crippen LogP contribution in [0.4, 0.5) is 0 Å². The minimum atomic E-state index is -0.917. The first-order chi connectivity index (χ1) is 8.76. The van der Waals surface area contributed by atoms with E-state index in [4.69, 9.17) is 11.6 Å². The number of H-pyrrole nitrogens is 1. The van der Waals surface area contributed by atoms with Gasteiger partial charge in [0, 0.05) is 29.5 Å². The zero-order valence-corrected chi connectivity index (χ0v) is 12.0. The van der Waals surface area contributed by atoms with E-state index in [0.29, 0.717) is 10.7 Å². The van der Waals surface area contributed by atoms with E-state index in [1.54, 1.807) is 39.1 Å². The largest absolute Gasteiger partial charge is 0.389 e. The summed E-state index contributed by atoms with van der Waals surface area (Å²) < 4.78 is 0. The molecule has 4 nitrogen and oxygen atoms in total. The quantitative estimate of drug-likeness (QED) is 0.908. The highest BCUT2D eigenvalue weighted by atomic mass is 35.5. The Morgan fingerprint density at radius 2 is 2.11 bits per heavy atom. The number of hydrogen-bond donors (Lipinski definition) is 2. The van der Waals surface area contributed by atoms with Gasteiger partial charge in [0.05, 0.1) is 5.60 Å². The Bertz CT molecular complexity index is 613. The molecule has 0 aliphatic heterocycles. The molecule has 0 saturated heterocycles. The minimum Gasteiger partial charge on any atom is -0.389 e. The number of aliphatic hydroxyl groups is 1. The molecule has 0 unspecified atom stereocenters. The maximum absolute atomic E-state index is 12.2. The zero-order chi connectivity index (χ0) is 14.2. The number of fused-ring (bicyclic) bond motifs is 1. The average molecular weight is 281 g/mol. The number of halogens is 1. The maximum Gasteiger partial charge on any atom is 0.270 e. The smallest absolute Gasteiger partial charge is 0.270 e. The molecule has 1 aromatic heterocycles. The van der Waals surface area contributed by atoms with Crippen LogP contribution in [-0.2, 0) is 0 Å². The van der Waals surface area contributed by atoms with Crippen LogP contribution < -0.4 is 0 Å². The third-order valence-electron chi connectivity index (χ3n) is 2.79. The van der Waals surface area contributed by atoms with Crippen molar-refractivity contribution in [3.05, 3.63) is 35.0 Å². The molecule has 5 heteroatoms. The second kappa shape index (κ2) is 4.87. The Morgan fingerprint density at radius 3 is 2.74 bits per heavy atom. The van der Waals surface area contributed by atoms with Gasteiger partial charge in [-0.15, -0.1) is 0 Å². The lowest BCUT2D eigenvalue weighted by Gasteiger charge is -2.25. The average Bonchev–Trinajstić information content (AvgIpc) is 2.68. The van der Waals surface area contributed by atoms with Gasteiger partial charge in [0.25, 0.3) is 5.91 Å². The molecule has 1 aromatic carbocycles. The summed E-state index contributed by atoms with van der Waals surface area (Å²) in [6, 6.07) is 7.21. The Hall–Kier alpha value is -1.52. The molecule has 0 spiro atoms. The van der Waals surface area contributed by atoms with Crippen molar-refractivity contribution in [1.82, 2.24) is 9.88 Å². The van der Waals surface area contributed by atoms with Gasteiger partial charge < -0.3 is 15.0 Å². The molecule has 19 heavy (non-hydrogen) atoms. The van der Waals surface area contributed by atoms with Gasteiger partial charge in [0.1, 0.15) is 5.69 Å². The molecule has 0 fully saturated rings. The topological polar surface area (TPSA) is 56.3 Å². The van der Waals surface area contributed by atoms with Gasteiger partial charge in [0.2, 0.25) is 0 Å². The number of benzene rings is 1. The Morgan fingerprint density at radius 1 is 1.42 bits per heavy atom. The normalized spacial score (nSPS) is 11.8. The first-order valence-electron chi connectivity index (χ1n) is 6.02. The number of amides is 1. The van der Waals surface area contributed by atoms with Crippen molar-refractivity contribution in [2.24, 2.45) is 0 Å². The van der Waals surface area contributed by atoms with E-state index in [0.717, 1.165) is 10.9 Å². The van der Waals surface area contributed by atoms with Crippen LogP contribution >= 0.6 is 11.6 Å². The predicted octanol–water partition coefficient (Wildman–Crippen LogP) is 2.66. The zero-order valence-electron chi connectivity index (χ0n) is 11.2.